The zero-order valence-electron chi connectivity index (χ0n) is 12.4. The SMILES string of the molecule is CC1CCCC(CNC2CC(c3cccc(F)c3)C2)C1. The van der Waals surface area contributed by atoms with E-state index in [1.807, 2.05) is 6.07 Å². The molecule has 0 radical (unpaired) electrons. The van der Waals surface area contributed by atoms with Gasteiger partial charge in [0, 0.05) is 6.04 Å². The first kappa shape index (κ1) is 14.1. The summed E-state index contributed by atoms with van der Waals surface area (Å²) in [5.41, 5.74) is 1.18. The molecule has 2 atom stereocenters. The lowest BCUT2D eigenvalue weighted by molar-refractivity contribution is 0.231. The van der Waals surface area contributed by atoms with Crippen LogP contribution in [0.15, 0.2) is 24.3 Å². The molecule has 2 unspecified atom stereocenters. The third kappa shape index (κ3) is 3.41. The number of rotatable bonds is 4. The summed E-state index contributed by atoms with van der Waals surface area (Å²) >= 11 is 0. The maximum Gasteiger partial charge on any atom is 0.123 e. The second kappa shape index (κ2) is 6.26. The molecule has 110 valence electrons. The highest BCUT2D eigenvalue weighted by Crippen LogP contribution is 2.37. The zero-order valence-corrected chi connectivity index (χ0v) is 12.4. The van der Waals surface area contributed by atoms with Gasteiger partial charge in [0.15, 0.2) is 0 Å². The third-order valence-corrected chi connectivity index (χ3v) is 5.20. The van der Waals surface area contributed by atoms with Crippen molar-refractivity contribution in [1.29, 1.82) is 0 Å². The molecule has 0 bridgehead atoms. The Kier molecular flexibility index (Phi) is 4.40. The predicted molar refractivity (Wildman–Crippen MR) is 81.3 cm³/mol. The van der Waals surface area contributed by atoms with Crippen LogP contribution in [0.25, 0.3) is 0 Å². The van der Waals surface area contributed by atoms with Gasteiger partial charge in [0.25, 0.3) is 0 Å². The lowest BCUT2D eigenvalue weighted by Crippen LogP contribution is -2.42. The fourth-order valence-corrected chi connectivity index (χ4v) is 3.90. The largest absolute Gasteiger partial charge is 0.314 e. The van der Waals surface area contributed by atoms with Gasteiger partial charge in [0.1, 0.15) is 5.82 Å². The van der Waals surface area contributed by atoms with E-state index >= 15 is 0 Å². The maximum absolute atomic E-state index is 13.2. The van der Waals surface area contributed by atoms with Crippen LogP contribution in [0.3, 0.4) is 0 Å². The van der Waals surface area contributed by atoms with Gasteiger partial charge in [-0.25, -0.2) is 4.39 Å². The van der Waals surface area contributed by atoms with Gasteiger partial charge >= 0.3 is 0 Å². The van der Waals surface area contributed by atoms with Crippen molar-refractivity contribution in [3.8, 4) is 0 Å². The molecule has 0 heterocycles. The summed E-state index contributed by atoms with van der Waals surface area (Å²) in [7, 11) is 0. The maximum atomic E-state index is 13.2. The average molecular weight is 275 g/mol. The number of nitrogens with one attached hydrogen (secondary N) is 1. The van der Waals surface area contributed by atoms with Gasteiger partial charge in [0.2, 0.25) is 0 Å². The lowest BCUT2D eigenvalue weighted by atomic mass is 9.75. The first-order valence-electron chi connectivity index (χ1n) is 8.19. The molecule has 0 aromatic heterocycles. The van der Waals surface area contributed by atoms with Crippen LogP contribution in [-0.2, 0) is 0 Å². The van der Waals surface area contributed by atoms with E-state index in [0.29, 0.717) is 12.0 Å². The van der Waals surface area contributed by atoms with E-state index in [2.05, 4.69) is 18.3 Å². The second-order valence-corrected chi connectivity index (χ2v) is 6.97. The molecule has 0 aliphatic heterocycles. The van der Waals surface area contributed by atoms with E-state index in [9.17, 15) is 4.39 Å². The van der Waals surface area contributed by atoms with Crippen molar-refractivity contribution in [2.45, 2.75) is 57.4 Å². The Bertz CT molecular complexity index is 439. The summed E-state index contributed by atoms with van der Waals surface area (Å²) in [6.07, 6.45) is 7.97. The van der Waals surface area contributed by atoms with Crippen molar-refractivity contribution in [2.75, 3.05) is 6.54 Å². The Hall–Kier alpha value is -0.890. The summed E-state index contributed by atoms with van der Waals surface area (Å²) in [5.74, 6) is 2.26. The highest BCUT2D eigenvalue weighted by molar-refractivity contribution is 5.23. The van der Waals surface area contributed by atoms with Crippen LogP contribution in [0.1, 0.15) is 56.9 Å². The first-order chi connectivity index (χ1) is 9.70. The van der Waals surface area contributed by atoms with Crippen LogP contribution in [-0.4, -0.2) is 12.6 Å². The van der Waals surface area contributed by atoms with Gasteiger partial charge in [0.05, 0.1) is 0 Å². The summed E-state index contributed by atoms with van der Waals surface area (Å²) in [4.78, 5) is 0. The van der Waals surface area contributed by atoms with E-state index in [4.69, 9.17) is 0 Å². The number of hydrogen-bond donors (Lipinski definition) is 1. The Morgan fingerprint density at radius 1 is 1.20 bits per heavy atom. The highest BCUT2D eigenvalue weighted by atomic mass is 19.1. The third-order valence-electron chi connectivity index (χ3n) is 5.20. The van der Waals surface area contributed by atoms with E-state index in [1.54, 1.807) is 6.07 Å². The number of hydrogen-bond acceptors (Lipinski definition) is 1. The summed E-state index contributed by atoms with van der Waals surface area (Å²) < 4.78 is 13.2. The highest BCUT2D eigenvalue weighted by Gasteiger charge is 2.30. The van der Waals surface area contributed by atoms with E-state index in [1.165, 1.54) is 56.7 Å². The van der Waals surface area contributed by atoms with Gasteiger partial charge in [-0.15, -0.1) is 0 Å². The predicted octanol–water partition coefficient (Wildman–Crippen LogP) is 4.49. The van der Waals surface area contributed by atoms with Crippen LogP contribution in [0.4, 0.5) is 4.39 Å². The molecule has 2 aliphatic rings. The Labute approximate surface area is 122 Å². The fraction of sp³-hybridized carbons (Fsp3) is 0.667. The van der Waals surface area contributed by atoms with Gasteiger partial charge in [-0.05, 0) is 67.7 Å². The molecule has 2 fully saturated rings. The molecule has 1 aromatic carbocycles. The van der Waals surface area contributed by atoms with E-state index < -0.39 is 0 Å². The Morgan fingerprint density at radius 3 is 2.80 bits per heavy atom. The molecule has 1 aromatic rings. The van der Waals surface area contributed by atoms with Crippen LogP contribution < -0.4 is 5.32 Å². The molecule has 2 saturated carbocycles. The second-order valence-electron chi connectivity index (χ2n) is 6.97. The molecule has 1 nitrogen and oxygen atoms in total. The average Bonchev–Trinajstić information content (AvgIpc) is 2.37. The molecular weight excluding hydrogens is 249 g/mol. The van der Waals surface area contributed by atoms with Crippen LogP contribution in [0.5, 0.6) is 0 Å². The minimum Gasteiger partial charge on any atom is -0.314 e. The topological polar surface area (TPSA) is 12.0 Å². The summed E-state index contributed by atoms with van der Waals surface area (Å²) in [6.45, 7) is 3.57. The van der Waals surface area contributed by atoms with Crippen LogP contribution in [0, 0.1) is 17.7 Å². The van der Waals surface area contributed by atoms with Crippen molar-refractivity contribution in [1.82, 2.24) is 5.32 Å². The minimum atomic E-state index is -0.102. The van der Waals surface area contributed by atoms with Gasteiger partial charge < -0.3 is 5.32 Å². The van der Waals surface area contributed by atoms with Gasteiger partial charge in [-0.2, -0.15) is 0 Å². The van der Waals surface area contributed by atoms with Crippen LogP contribution in [0.2, 0.25) is 0 Å². The molecular formula is C18H26FN. The summed E-state index contributed by atoms with van der Waals surface area (Å²) in [6, 6.07) is 7.77. The zero-order chi connectivity index (χ0) is 13.9. The molecule has 0 spiro atoms. The number of halogens is 1. The Morgan fingerprint density at radius 2 is 2.05 bits per heavy atom. The molecule has 20 heavy (non-hydrogen) atoms. The van der Waals surface area contributed by atoms with Crippen molar-refractivity contribution < 1.29 is 4.39 Å². The number of benzene rings is 1. The van der Waals surface area contributed by atoms with E-state index in [0.717, 1.165) is 11.8 Å². The molecule has 3 rings (SSSR count). The van der Waals surface area contributed by atoms with Crippen molar-refractivity contribution in [2.24, 2.45) is 11.8 Å². The monoisotopic (exact) mass is 275 g/mol. The molecule has 1 N–H and O–H groups in total. The molecule has 0 saturated heterocycles. The normalized spacial score (nSPS) is 33.7. The van der Waals surface area contributed by atoms with Crippen molar-refractivity contribution in [3.05, 3.63) is 35.6 Å². The van der Waals surface area contributed by atoms with E-state index in [-0.39, 0.29) is 5.82 Å². The van der Waals surface area contributed by atoms with Gasteiger partial charge in [-0.3, -0.25) is 0 Å². The molecule has 2 heteroatoms. The van der Waals surface area contributed by atoms with Crippen molar-refractivity contribution in [3.63, 3.8) is 0 Å². The lowest BCUT2D eigenvalue weighted by Gasteiger charge is -2.38. The first-order valence-corrected chi connectivity index (χ1v) is 8.19. The fourth-order valence-electron chi connectivity index (χ4n) is 3.90. The van der Waals surface area contributed by atoms with Gasteiger partial charge in [-0.1, -0.05) is 31.9 Å². The smallest absolute Gasteiger partial charge is 0.123 e. The van der Waals surface area contributed by atoms with Crippen LogP contribution >= 0.6 is 0 Å². The quantitative estimate of drug-likeness (QED) is 0.854. The standard InChI is InChI=1S/C18H26FN/c1-13-4-2-5-14(8-13)12-20-18-10-16(11-18)15-6-3-7-17(19)9-15/h3,6-7,9,13-14,16,18,20H,2,4-5,8,10-12H2,1H3. The molecule has 2 aliphatic carbocycles. The Balaban J connectivity index is 1.40. The minimum absolute atomic E-state index is 0.102. The summed E-state index contributed by atoms with van der Waals surface area (Å²) in [5, 5.41) is 3.73. The van der Waals surface area contributed by atoms with Crippen molar-refractivity contribution >= 4 is 0 Å². The molecule has 0 amide bonds.